The molecule has 0 saturated heterocycles. The third kappa shape index (κ3) is 22.9. The van der Waals surface area contributed by atoms with E-state index in [0.717, 1.165) is 51.1 Å². The van der Waals surface area contributed by atoms with Crippen LogP contribution in [0.5, 0.6) is 0 Å². The van der Waals surface area contributed by atoms with Gasteiger partial charge in [-0.1, -0.05) is 124 Å². The molecule has 0 rings (SSSR count). The summed E-state index contributed by atoms with van der Waals surface area (Å²) >= 11 is 0. The minimum atomic E-state index is 0.247. The van der Waals surface area contributed by atoms with Gasteiger partial charge in [0.1, 0.15) is 0 Å². The first kappa shape index (κ1) is 33.1. The van der Waals surface area contributed by atoms with E-state index in [0.29, 0.717) is 12.6 Å². The van der Waals surface area contributed by atoms with Gasteiger partial charge in [-0.15, -0.1) is 0 Å². The van der Waals surface area contributed by atoms with Crippen molar-refractivity contribution in [1.82, 2.24) is 0 Å². The minimum absolute atomic E-state index is 0.247. The van der Waals surface area contributed by atoms with Gasteiger partial charge in [-0.05, 0) is 25.7 Å². The summed E-state index contributed by atoms with van der Waals surface area (Å²) < 4.78 is 24.2. The van der Waals surface area contributed by atoms with Crippen molar-refractivity contribution in [3.63, 3.8) is 0 Å². The summed E-state index contributed by atoms with van der Waals surface area (Å²) in [6.45, 7) is 11.4. The zero-order valence-electron chi connectivity index (χ0n) is 23.6. The smallest absolute Gasteiger partial charge is 0.321 e. The van der Waals surface area contributed by atoms with Gasteiger partial charge in [0.15, 0.2) is 12.6 Å². The first-order valence-corrected chi connectivity index (χ1v) is 15.0. The van der Waals surface area contributed by atoms with Crippen LogP contribution < -0.4 is 0 Å². The average molecular weight is 485 g/mol. The van der Waals surface area contributed by atoms with Gasteiger partial charge in [0.05, 0.1) is 19.8 Å². The third-order valence-electron chi connectivity index (χ3n) is 6.16. The molecule has 204 valence electrons. The van der Waals surface area contributed by atoms with Crippen molar-refractivity contribution < 1.29 is 18.9 Å². The predicted molar refractivity (Wildman–Crippen MR) is 146 cm³/mol. The topological polar surface area (TPSA) is 36.9 Å². The highest BCUT2D eigenvalue weighted by Gasteiger charge is 2.13. The molecular formula is C30H60O4. The zero-order valence-corrected chi connectivity index (χ0v) is 23.6. The summed E-state index contributed by atoms with van der Waals surface area (Å²) in [5.41, 5.74) is 0. The SMILES string of the molecule is CCCCCCCCOCOC(OCCCCCCC)=C(CCCCC)OCCCCCCC. The average Bonchev–Trinajstić information content (AvgIpc) is 2.85. The van der Waals surface area contributed by atoms with Crippen LogP contribution in [0.2, 0.25) is 0 Å². The molecule has 0 radical (unpaired) electrons. The summed E-state index contributed by atoms with van der Waals surface area (Å²) in [4.78, 5) is 0. The summed E-state index contributed by atoms with van der Waals surface area (Å²) in [6.07, 6.45) is 24.3. The van der Waals surface area contributed by atoms with Gasteiger partial charge < -0.3 is 18.9 Å². The molecule has 4 heteroatoms. The van der Waals surface area contributed by atoms with Crippen LogP contribution in [-0.4, -0.2) is 26.6 Å². The largest absolute Gasteiger partial charge is 0.491 e. The van der Waals surface area contributed by atoms with Gasteiger partial charge in [0, 0.05) is 6.42 Å². The van der Waals surface area contributed by atoms with Crippen LogP contribution in [0.3, 0.4) is 0 Å². The lowest BCUT2D eigenvalue weighted by Crippen LogP contribution is -2.10. The number of rotatable bonds is 28. The molecule has 0 amide bonds. The van der Waals surface area contributed by atoms with Crippen LogP contribution in [0.4, 0.5) is 0 Å². The zero-order chi connectivity index (χ0) is 25.0. The molecule has 0 spiro atoms. The minimum Gasteiger partial charge on any atom is -0.491 e. The molecular weight excluding hydrogens is 424 g/mol. The van der Waals surface area contributed by atoms with Crippen molar-refractivity contribution in [2.24, 2.45) is 0 Å². The normalized spacial score (nSPS) is 12.0. The Bertz CT molecular complexity index is 422. The molecule has 0 fully saturated rings. The molecule has 0 aromatic carbocycles. The summed E-state index contributed by atoms with van der Waals surface area (Å²) in [5.74, 6) is 1.46. The number of unbranched alkanes of at least 4 members (excludes halogenated alkanes) is 15. The van der Waals surface area contributed by atoms with Gasteiger partial charge >= 0.3 is 5.95 Å². The lowest BCUT2D eigenvalue weighted by molar-refractivity contribution is -0.0846. The molecule has 0 N–H and O–H groups in total. The second kappa shape index (κ2) is 28.3. The fraction of sp³-hybridized carbons (Fsp3) is 0.933. The van der Waals surface area contributed by atoms with E-state index in [1.807, 2.05) is 0 Å². The second-order valence-electron chi connectivity index (χ2n) is 9.63. The van der Waals surface area contributed by atoms with Crippen molar-refractivity contribution in [2.45, 2.75) is 156 Å². The summed E-state index contributed by atoms with van der Waals surface area (Å²) in [5, 5.41) is 0. The van der Waals surface area contributed by atoms with E-state index >= 15 is 0 Å². The fourth-order valence-electron chi connectivity index (χ4n) is 3.88. The van der Waals surface area contributed by atoms with Crippen LogP contribution in [0, 0.1) is 0 Å². The molecule has 0 heterocycles. The van der Waals surface area contributed by atoms with Crippen molar-refractivity contribution >= 4 is 0 Å². The maximum absolute atomic E-state index is 6.23. The van der Waals surface area contributed by atoms with E-state index in [-0.39, 0.29) is 6.79 Å². The van der Waals surface area contributed by atoms with Crippen LogP contribution in [0.25, 0.3) is 0 Å². The maximum Gasteiger partial charge on any atom is 0.321 e. The first-order chi connectivity index (χ1) is 16.8. The fourth-order valence-corrected chi connectivity index (χ4v) is 3.88. The Morgan fingerprint density at radius 1 is 0.412 bits per heavy atom. The van der Waals surface area contributed by atoms with Gasteiger partial charge in [-0.2, -0.15) is 0 Å². The van der Waals surface area contributed by atoms with E-state index in [1.165, 1.54) is 96.3 Å². The van der Waals surface area contributed by atoms with E-state index in [4.69, 9.17) is 18.9 Å². The monoisotopic (exact) mass is 484 g/mol. The molecule has 0 aliphatic rings. The highest BCUT2D eigenvalue weighted by Crippen LogP contribution is 2.19. The molecule has 0 unspecified atom stereocenters. The van der Waals surface area contributed by atoms with Gasteiger partial charge in [-0.25, -0.2) is 0 Å². The Morgan fingerprint density at radius 3 is 1.41 bits per heavy atom. The second-order valence-corrected chi connectivity index (χ2v) is 9.63. The molecule has 0 bridgehead atoms. The highest BCUT2D eigenvalue weighted by molar-refractivity contribution is 4.95. The third-order valence-corrected chi connectivity index (χ3v) is 6.16. The molecule has 34 heavy (non-hydrogen) atoms. The highest BCUT2D eigenvalue weighted by atomic mass is 16.7. The Kier molecular flexibility index (Phi) is 27.6. The number of hydrogen-bond donors (Lipinski definition) is 0. The first-order valence-electron chi connectivity index (χ1n) is 15.0. The van der Waals surface area contributed by atoms with Crippen LogP contribution in [-0.2, 0) is 18.9 Å². The lowest BCUT2D eigenvalue weighted by atomic mass is 10.1. The van der Waals surface area contributed by atoms with E-state index in [1.54, 1.807) is 0 Å². The molecule has 4 nitrogen and oxygen atoms in total. The van der Waals surface area contributed by atoms with E-state index in [2.05, 4.69) is 27.7 Å². The maximum atomic E-state index is 6.23. The Labute approximate surface area is 213 Å². The van der Waals surface area contributed by atoms with Crippen molar-refractivity contribution in [1.29, 1.82) is 0 Å². The molecule has 0 aliphatic carbocycles. The van der Waals surface area contributed by atoms with Gasteiger partial charge in [0.25, 0.3) is 0 Å². The van der Waals surface area contributed by atoms with Crippen molar-refractivity contribution in [3.05, 3.63) is 11.7 Å². The van der Waals surface area contributed by atoms with Crippen molar-refractivity contribution in [2.75, 3.05) is 26.6 Å². The lowest BCUT2D eigenvalue weighted by Gasteiger charge is -2.18. The van der Waals surface area contributed by atoms with Gasteiger partial charge in [0.2, 0.25) is 0 Å². The summed E-state index contributed by atoms with van der Waals surface area (Å²) in [6, 6.07) is 0. The van der Waals surface area contributed by atoms with Crippen molar-refractivity contribution in [3.8, 4) is 0 Å². The Hall–Kier alpha value is -0.900. The quantitative estimate of drug-likeness (QED) is 0.0628. The molecule has 0 saturated carbocycles. The predicted octanol–water partition coefficient (Wildman–Crippen LogP) is 10.1. The number of ether oxygens (including phenoxy) is 4. The molecule has 0 atom stereocenters. The standard InChI is InChI=1S/C30H60O4/c1-5-9-13-16-19-21-25-31-28-34-30(33-27-23-18-15-11-7-3)29(24-20-12-8-4)32-26-22-17-14-10-6-2/h5-28H2,1-4H3. The Balaban J connectivity index is 4.67. The van der Waals surface area contributed by atoms with E-state index in [9.17, 15) is 0 Å². The molecule has 0 aliphatic heterocycles. The molecule has 0 aromatic heterocycles. The van der Waals surface area contributed by atoms with Crippen LogP contribution in [0.1, 0.15) is 156 Å². The number of hydrogen-bond acceptors (Lipinski definition) is 4. The number of allylic oxidation sites excluding steroid dienone is 1. The molecule has 0 aromatic rings. The van der Waals surface area contributed by atoms with Crippen LogP contribution in [0.15, 0.2) is 11.7 Å². The van der Waals surface area contributed by atoms with Crippen LogP contribution >= 0.6 is 0 Å². The van der Waals surface area contributed by atoms with E-state index < -0.39 is 0 Å². The van der Waals surface area contributed by atoms with Gasteiger partial charge in [-0.3, -0.25) is 0 Å². The summed E-state index contributed by atoms with van der Waals surface area (Å²) in [7, 11) is 0. The Morgan fingerprint density at radius 2 is 0.853 bits per heavy atom.